The lowest BCUT2D eigenvalue weighted by Crippen LogP contribution is -2.46. The highest BCUT2D eigenvalue weighted by molar-refractivity contribution is 7.19. The number of thiophene rings is 1. The van der Waals surface area contributed by atoms with Gasteiger partial charge in [-0.2, -0.15) is 0 Å². The van der Waals surface area contributed by atoms with Gasteiger partial charge in [0, 0.05) is 42.3 Å². The Labute approximate surface area is 139 Å². The molecule has 0 N–H and O–H groups in total. The summed E-state index contributed by atoms with van der Waals surface area (Å²) >= 11 is 1.88. The zero-order chi connectivity index (χ0) is 15.6. The summed E-state index contributed by atoms with van der Waals surface area (Å²) in [6.07, 6.45) is 0. The molecule has 118 valence electrons. The molecule has 4 rings (SSSR count). The molecule has 1 aliphatic rings. The molecule has 23 heavy (non-hydrogen) atoms. The summed E-state index contributed by atoms with van der Waals surface area (Å²) in [7, 11) is 0. The van der Waals surface area contributed by atoms with Crippen molar-refractivity contribution in [3.05, 3.63) is 65.3 Å². The maximum atomic E-state index is 13.9. The predicted molar refractivity (Wildman–Crippen MR) is 95.7 cm³/mol. The average Bonchev–Trinajstić information content (AvgIpc) is 2.98. The van der Waals surface area contributed by atoms with Crippen LogP contribution in [0.5, 0.6) is 0 Å². The van der Waals surface area contributed by atoms with E-state index in [0.29, 0.717) is 0 Å². The summed E-state index contributed by atoms with van der Waals surface area (Å²) in [6.45, 7) is 4.70. The van der Waals surface area contributed by atoms with E-state index in [0.717, 1.165) is 38.4 Å². The van der Waals surface area contributed by atoms with Crippen molar-refractivity contribution in [2.24, 2.45) is 0 Å². The van der Waals surface area contributed by atoms with Crippen LogP contribution in [0.4, 0.5) is 10.1 Å². The van der Waals surface area contributed by atoms with Crippen LogP contribution >= 0.6 is 11.3 Å². The number of rotatable bonds is 3. The quantitative estimate of drug-likeness (QED) is 0.705. The lowest BCUT2D eigenvalue weighted by Gasteiger charge is -2.36. The fraction of sp³-hybridized carbons (Fsp3) is 0.263. The van der Waals surface area contributed by atoms with E-state index in [1.165, 1.54) is 15.0 Å². The molecule has 2 aromatic carbocycles. The van der Waals surface area contributed by atoms with Crippen LogP contribution in [-0.2, 0) is 6.54 Å². The summed E-state index contributed by atoms with van der Waals surface area (Å²) in [5, 5.41) is 1.33. The fourth-order valence-electron chi connectivity index (χ4n) is 3.19. The fourth-order valence-corrected chi connectivity index (χ4v) is 4.30. The van der Waals surface area contributed by atoms with Crippen molar-refractivity contribution in [2.45, 2.75) is 6.54 Å². The van der Waals surface area contributed by atoms with Gasteiger partial charge in [0.1, 0.15) is 5.82 Å². The van der Waals surface area contributed by atoms with Crippen LogP contribution in [0.3, 0.4) is 0 Å². The Morgan fingerprint density at radius 1 is 0.913 bits per heavy atom. The van der Waals surface area contributed by atoms with Gasteiger partial charge < -0.3 is 4.90 Å². The van der Waals surface area contributed by atoms with Crippen LogP contribution < -0.4 is 4.90 Å². The molecular formula is C19H19FN2S. The molecule has 0 atom stereocenters. The molecule has 4 heteroatoms. The van der Waals surface area contributed by atoms with E-state index in [9.17, 15) is 4.39 Å². The first-order valence-corrected chi connectivity index (χ1v) is 8.80. The maximum Gasteiger partial charge on any atom is 0.146 e. The Bertz CT molecular complexity index is 773. The van der Waals surface area contributed by atoms with Gasteiger partial charge in [-0.05, 0) is 29.7 Å². The van der Waals surface area contributed by atoms with Gasteiger partial charge in [0.25, 0.3) is 0 Å². The second-order valence-corrected chi connectivity index (χ2v) is 7.13. The SMILES string of the molecule is Fc1ccccc1N1CCN(Cc2cc3ccccc3s2)CC1. The number of hydrogen-bond acceptors (Lipinski definition) is 3. The lowest BCUT2D eigenvalue weighted by molar-refractivity contribution is 0.251. The minimum Gasteiger partial charge on any atom is -0.367 e. The number of fused-ring (bicyclic) bond motifs is 1. The minimum absolute atomic E-state index is 0.120. The van der Waals surface area contributed by atoms with Crippen LogP contribution in [0.2, 0.25) is 0 Å². The van der Waals surface area contributed by atoms with Crippen molar-refractivity contribution < 1.29 is 4.39 Å². The molecule has 1 fully saturated rings. The van der Waals surface area contributed by atoms with Crippen LogP contribution in [0, 0.1) is 5.82 Å². The van der Waals surface area contributed by atoms with Crippen molar-refractivity contribution in [3.8, 4) is 0 Å². The minimum atomic E-state index is -0.120. The summed E-state index contributed by atoms with van der Waals surface area (Å²) in [6, 6.07) is 17.9. The molecule has 1 aliphatic heterocycles. The molecule has 3 aromatic rings. The van der Waals surface area contributed by atoms with E-state index >= 15 is 0 Å². The van der Waals surface area contributed by atoms with Gasteiger partial charge >= 0.3 is 0 Å². The van der Waals surface area contributed by atoms with Crippen molar-refractivity contribution in [1.29, 1.82) is 0 Å². The van der Waals surface area contributed by atoms with E-state index in [1.807, 2.05) is 23.5 Å². The molecule has 0 bridgehead atoms. The maximum absolute atomic E-state index is 13.9. The second-order valence-electron chi connectivity index (χ2n) is 5.97. The molecule has 1 saturated heterocycles. The summed E-state index contributed by atoms with van der Waals surface area (Å²) in [4.78, 5) is 6.02. The van der Waals surface area contributed by atoms with E-state index < -0.39 is 0 Å². The zero-order valence-electron chi connectivity index (χ0n) is 12.9. The Morgan fingerprint density at radius 2 is 1.65 bits per heavy atom. The zero-order valence-corrected chi connectivity index (χ0v) is 13.7. The molecule has 0 spiro atoms. The summed E-state index contributed by atoms with van der Waals surface area (Å²) in [5.74, 6) is -0.120. The summed E-state index contributed by atoms with van der Waals surface area (Å²) < 4.78 is 15.2. The number of nitrogens with zero attached hydrogens (tertiary/aromatic N) is 2. The highest BCUT2D eigenvalue weighted by Crippen LogP contribution is 2.27. The Kier molecular flexibility index (Phi) is 4.02. The lowest BCUT2D eigenvalue weighted by atomic mass is 10.2. The van der Waals surface area contributed by atoms with E-state index in [4.69, 9.17) is 0 Å². The largest absolute Gasteiger partial charge is 0.367 e. The number of anilines is 1. The van der Waals surface area contributed by atoms with Gasteiger partial charge in [-0.25, -0.2) is 4.39 Å². The van der Waals surface area contributed by atoms with E-state index in [1.54, 1.807) is 12.1 Å². The van der Waals surface area contributed by atoms with E-state index in [-0.39, 0.29) is 5.82 Å². The normalized spacial score (nSPS) is 16.1. The smallest absolute Gasteiger partial charge is 0.146 e. The number of piperazine rings is 1. The van der Waals surface area contributed by atoms with Crippen molar-refractivity contribution >= 4 is 27.1 Å². The van der Waals surface area contributed by atoms with Gasteiger partial charge in [0.2, 0.25) is 0 Å². The highest BCUT2D eigenvalue weighted by atomic mass is 32.1. The first-order valence-electron chi connectivity index (χ1n) is 7.99. The first-order chi connectivity index (χ1) is 11.3. The van der Waals surface area contributed by atoms with Gasteiger partial charge in [-0.15, -0.1) is 11.3 Å². The summed E-state index contributed by atoms with van der Waals surface area (Å²) in [5.41, 5.74) is 0.731. The van der Waals surface area contributed by atoms with E-state index in [2.05, 4.69) is 40.1 Å². The topological polar surface area (TPSA) is 6.48 Å². The number of halogens is 1. The molecule has 0 saturated carbocycles. The number of para-hydroxylation sites is 1. The Morgan fingerprint density at radius 3 is 2.43 bits per heavy atom. The van der Waals surface area contributed by atoms with Gasteiger partial charge in [-0.1, -0.05) is 30.3 Å². The highest BCUT2D eigenvalue weighted by Gasteiger charge is 2.19. The Balaban J connectivity index is 1.41. The molecule has 2 heterocycles. The van der Waals surface area contributed by atoms with Crippen molar-refractivity contribution in [1.82, 2.24) is 4.90 Å². The number of benzene rings is 2. The molecule has 1 aromatic heterocycles. The van der Waals surface area contributed by atoms with Crippen LogP contribution in [0.1, 0.15) is 4.88 Å². The van der Waals surface area contributed by atoms with Crippen molar-refractivity contribution in [3.63, 3.8) is 0 Å². The molecular weight excluding hydrogens is 307 g/mol. The van der Waals surface area contributed by atoms with Crippen LogP contribution in [0.15, 0.2) is 54.6 Å². The monoisotopic (exact) mass is 326 g/mol. The third-order valence-electron chi connectivity index (χ3n) is 4.42. The average molecular weight is 326 g/mol. The predicted octanol–water partition coefficient (Wildman–Crippen LogP) is 4.36. The molecule has 0 aliphatic carbocycles. The molecule has 0 amide bonds. The molecule has 2 nitrogen and oxygen atoms in total. The Hall–Kier alpha value is -1.91. The van der Waals surface area contributed by atoms with Gasteiger partial charge in [0.05, 0.1) is 5.69 Å². The standard InChI is InChI=1S/C19H19FN2S/c20-17-6-2-3-7-18(17)22-11-9-21(10-12-22)14-16-13-15-5-1-4-8-19(15)23-16/h1-8,13H,9-12,14H2. The van der Waals surface area contributed by atoms with Gasteiger partial charge in [-0.3, -0.25) is 4.90 Å². The first kappa shape index (κ1) is 14.7. The van der Waals surface area contributed by atoms with Crippen molar-refractivity contribution in [2.75, 3.05) is 31.1 Å². The molecule has 0 unspecified atom stereocenters. The second kappa shape index (κ2) is 6.30. The third-order valence-corrected chi connectivity index (χ3v) is 5.52. The molecule has 0 radical (unpaired) electrons. The van der Waals surface area contributed by atoms with Crippen LogP contribution in [-0.4, -0.2) is 31.1 Å². The third kappa shape index (κ3) is 3.09. The van der Waals surface area contributed by atoms with Crippen LogP contribution in [0.25, 0.3) is 10.1 Å². The van der Waals surface area contributed by atoms with Gasteiger partial charge in [0.15, 0.2) is 0 Å². The number of hydrogen-bond donors (Lipinski definition) is 0.